The highest BCUT2D eigenvalue weighted by molar-refractivity contribution is 9.08. The molecule has 0 unspecified atom stereocenters. The first-order chi connectivity index (χ1) is 9.79. The molecule has 0 heterocycles. The van der Waals surface area contributed by atoms with E-state index in [1.54, 1.807) is 12.1 Å². The highest BCUT2D eigenvalue weighted by atomic mass is 79.9. The van der Waals surface area contributed by atoms with Crippen molar-refractivity contribution in [2.45, 2.75) is 5.33 Å². The van der Waals surface area contributed by atoms with E-state index in [4.69, 9.17) is 4.74 Å². The Morgan fingerprint density at radius 2 is 1.55 bits per heavy atom. The van der Waals surface area contributed by atoms with E-state index in [9.17, 15) is 4.39 Å². The molecule has 0 radical (unpaired) electrons. The Kier molecular flexibility index (Phi) is 3.70. The summed E-state index contributed by atoms with van der Waals surface area (Å²) in [6.07, 6.45) is 0. The molecule has 100 valence electrons. The van der Waals surface area contributed by atoms with Gasteiger partial charge in [0.2, 0.25) is 0 Å². The fourth-order valence-corrected chi connectivity index (χ4v) is 2.71. The number of halogens is 2. The minimum absolute atomic E-state index is 0.264. The minimum atomic E-state index is -0.264. The predicted molar refractivity (Wildman–Crippen MR) is 83.1 cm³/mol. The van der Waals surface area contributed by atoms with Gasteiger partial charge in [0.15, 0.2) is 0 Å². The van der Waals surface area contributed by atoms with Crippen molar-refractivity contribution in [3.05, 3.63) is 72.0 Å². The van der Waals surface area contributed by atoms with Gasteiger partial charge < -0.3 is 4.74 Å². The van der Waals surface area contributed by atoms with E-state index in [2.05, 4.69) is 15.9 Å². The van der Waals surface area contributed by atoms with Crippen molar-refractivity contribution in [1.82, 2.24) is 0 Å². The van der Waals surface area contributed by atoms with Crippen LogP contribution in [0, 0.1) is 5.82 Å². The van der Waals surface area contributed by atoms with Gasteiger partial charge in [0.1, 0.15) is 17.3 Å². The molecule has 0 saturated carbocycles. The van der Waals surface area contributed by atoms with E-state index >= 15 is 0 Å². The fraction of sp³-hybridized carbons (Fsp3) is 0.0588. The van der Waals surface area contributed by atoms with Crippen molar-refractivity contribution in [2.24, 2.45) is 0 Å². The summed E-state index contributed by atoms with van der Waals surface area (Å²) in [5.41, 5.74) is 0.528. The Morgan fingerprint density at radius 1 is 0.850 bits per heavy atom. The topological polar surface area (TPSA) is 9.23 Å². The molecule has 0 aliphatic heterocycles. The average Bonchev–Trinajstić information content (AvgIpc) is 2.48. The molecule has 0 amide bonds. The summed E-state index contributed by atoms with van der Waals surface area (Å²) in [7, 11) is 0. The molecule has 3 rings (SSSR count). The van der Waals surface area contributed by atoms with Crippen LogP contribution in [0.15, 0.2) is 60.7 Å². The van der Waals surface area contributed by atoms with Gasteiger partial charge in [-0.2, -0.15) is 0 Å². The number of alkyl halides is 1. The summed E-state index contributed by atoms with van der Waals surface area (Å²) in [6.45, 7) is 0. The maximum absolute atomic E-state index is 13.8. The number of rotatable bonds is 3. The molecule has 0 spiro atoms. The molecular formula is C17H12BrFO. The van der Waals surface area contributed by atoms with Crippen molar-refractivity contribution in [2.75, 3.05) is 0 Å². The Balaban J connectivity index is 2.08. The van der Waals surface area contributed by atoms with Crippen LogP contribution in [0.4, 0.5) is 4.39 Å². The number of fused-ring (bicyclic) bond motifs is 1. The summed E-state index contributed by atoms with van der Waals surface area (Å²) >= 11 is 3.30. The maximum Gasteiger partial charge on any atom is 0.135 e. The highest BCUT2D eigenvalue weighted by Crippen LogP contribution is 2.33. The molecule has 0 saturated heterocycles. The Morgan fingerprint density at radius 3 is 2.40 bits per heavy atom. The number of hydrogen-bond donors (Lipinski definition) is 0. The lowest BCUT2D eigenvalue weighted by molar-refractivity contribution is 0.476. The smallest absolute Gasteiger partial charge is 0.135 e. The average molecular weight is 331 g/mol. The van der Waals surface area contributed by atoms with Crippen LogP contribution in [0.1, 0.15) is 5.56 Å². The zero-order valence-corrected chi connectivity index (χ0v) is 12.2. The zero-order valence-electron chi connectivity index (χ0n) is 10.6. The lowest BCUT2D eigenvalue weighted by Crippen LogP contribution is -1.93. The van der Waals surface area contributed by atoms with Crippen molar-refractivity contribution in [3.8, 4) is 11.5 Å². The third kappa shape index (κ3) is 2.41. The summed E-state index contributed by atoms with van der Waals surface area (Å²) in [5, 5.41) is 2.53. The van der Waals surface area contributed by atoms with E-state index < -0.39 is 0 Å². The largest absolute Gasteiger partial charge is 0.456 e. The van der Waals surface area contributed by atoms with Gasteiger partial charge in [-0.05, 0) is 23.6 Å². The maximum atomic E-state index is 13.8. The third-order valence-electron chi connectivity index (χ3n) is 3.18. The van der Waals surface area contributed by atoms with Crippen molar-refractivity contribution >= 4 is 26.7 Å². The fourth-order valence-electron chi connectivity index (χ4n) is 2.17. The van der Waals surface area contributed by atoms with E-state index in [0.717, 1.165) is 16.5 Å². The summed E-state index contributed by atoms with van der Waals surface area (Å²) in [6, 6.07) is 18.7. The van der Waals surface area contributed by atoms with Crippen LogP contribution in [0.25, 0.3) is 10.8 Å². The van der Waals surface area contributed by atoms with Gasteiger partial charge in [-0.25, -0.2) is 4.39 Å². The lowest BCUT2D eigenvalue weighted by atomic mass is 10.1. The van der Waals surface area contributed by atoms with E-state index in [-0.39, 0.29) is 5.82 Å². The number of ether oxygens (including phenoxy) is 1. The third-order valence-corrected chi connectivity index (χ3v) is 3.74. The summed E-state index contributed by atoms with van der Waals surface area (Å²) < 4.78 is 19.7. The standard InChI is InChI=1S/C17H12BrFO/c18-11-14-15(19)8-4-10-17(14)20-16-9-3-6-12-5-1-2-7-13(12)16/h1-10H,11H2. The second kappa shape index (κ2) is 5.63. The molecule has 1 nitrogen and oxygen atoms in total. The van der Waals surface area contributed by atoms with Crippen molar-refractivity contribution < 1.29 is 9.13 Å². The minimum Gasteiger partial charge on any atom is -0.456 e. The van der Waals surface area contributed by atoms with Crippen molar-refractivity contribution in [1.29, 1.82) is 0 Å². The molecule has 3 aromatic rings. The second-order valence-corrected chi connectivity index (χ2v) is 4.99. The van der Waals surface area contributed by atoms with Crippen LogP contribution in [-0.4, -0.2) is 0 Å². The Bertz CT molecular complexity index is 750. The monoisotopic (exact) mass is 330 g/mol. The Hall–Kier alpha value is -1.87. The van der Waals surface area contributed by atoms with Gasteiger partial charge in [-0.3, -0.25) is 0 Å². The molecule has 3 aromatic carbocycles. The van der Waals surface area contributed by atoms with Gasteiger partial charge in [0.05, 0.1) is 0 Å². The van der Waals surface area contributed by atoms with Crippen LogP contribution in [0.2, 0.25) is 0 Å². The molecule has 0 N–H and O–H groups in total. The van der Waals surface area contributed by atoms with E-state index in [0.29, 0.717) is 16.6 Å². The second-order valence-electron chi connectivity index (χ2n) is 4.43. The summed E-state index contributed by atoms with van der Waals surface area (Å²) in [4.78, 5) is 0. The molecule has 0 atom stereocenters. The molecule has 20 heavy (non-hydrogen) atoms. The van der Waals surface area contributed by atoms with Gasteiger partial charge in [-0.15, -0.1) is 0 Å². The zero-order chi connectivity index (χ0) is 13.9. The molecule has 0 fully saturated rings. The van der Waals surface area contributed by atoms with Crippen LogP contribution >= 0.6 is 15.9 Å². The molecule has 0 aromatic heterocycles. The molecule has 0 bridgehead atoms. The van der Waals surface area contributed by atoms with E-state index in [1.165, 1.54) is 6.07 Å². The predicted octanol–water partition coefficient (Wildman–Crippen LogP) is 5.67. The van der Waals surface area contributed by atoms with Gasteiger partial charge in [0.25, 0.3) is 0 Å². The first-order valence-electron chi connectivity index (χ1n) is 6.28. The van der Waals surface area contributed by atoms with Crippen LogP contribution in [0.5, 0.6) is 11.5 Å². The van der Waals surface area contributed by atoms with E-state index in [1.807, 2.05) is 42.5 Å². The molecular weight excluding hydrogens is 319 g/mol. The lowest BCUT2D eigenvalue weighted by Gasteiger charge is -2.12. The molecule has 0 aliphatic carbocycles. The van der Waals surface area contributed by atoms with Crippen LogP contribution in [0.3, 0.4) is 0 Å². The normalized spacial score (nSPS) is 10.7. The summed E-state index contributed by atoms with van der Waals surface area (Å²) in [5.74, 6) is 1.01. The highest BCUT2D eigenvalue weighted by Gasteiger charge is 2.10. The number of hydrogen-bond acceptors (Lipinski definition) is 1. The molecule has 3 heteroatoms. The first kappa shape index (κ1) is 13.1. The van der Waals surface area contributed by atoms with Gasteiger partial charge >= 0.3 is 0 Å². The first-order valence-corrected chi connectivity index (χ1v) is 7.40. The van der Waals surface area contributed by atoms with Crippen LogP contribution in [-0.2, 0) is 5.33 Å². The quantitative estimate of drug-likeness (QED) is 0.562. The van der Waals surface area contributed by atoms with Crippen LogP contribution < -0.4 is 4.74 Å². The van der Waals surface area contributed by atoms with Gasteiger partial charge in [0, 0.05) is 16.3 Å². The number of benzene rings is 3. The van der Waals surface area contributed by atoms with Gasteiger partial charge in [-0.1, -0.05) is 58.4 Å². The van der Waals surface area contributed by atoms with Crippen molar-refractivity contribution in [3.63, 3.8) is 0 Å². The SMILES string of the molecule is Fc1cccc(Oc2cccc3ccccc23)c1CBr. The molecule has 0 aliphatic rings. The Labute approximate surface area is 125 Å².